The van der Waals surface area contributed by atoms with Crippen LogP contribution >= 0.6 is 0 Å². The SMILES string of the molecule is COC(=O)c1cc2ccc(-c3cccnc3)nc2[nH]1. The van der Waals surface area contributed by atoms with Crippen LogP contribution in [0.3, 0.4) is 0 Å². The first kappa shape index (κ1) is 11.4. The van der Waals surface area contributed by atoms with Crippen molar-refractivity contribution in [3.63, 3.8) is 0 Å². The molecule has 0 atom stereocenters. The standard InChI is InChI=1S/C14H11N3O2/c1-19-14(18)12-7-9-4-5-11(16-13(9)17-12)10-3-2-6-15-8-10/h2-8H,1H3,(H,16,17). The second-order valence-electron chi connectivity index (χ2n) is 4.05. The Morgan fingerprint density at radius 2 is 2.21 bits per heavy atom. The van der Waals surface area contributed by atoms with Gasteiger partial charge in [0.1, 0.15) is 11.3 Å². The number of nitrogens with zero attached hydrogens (tertiary/aromatic N) is 2. The molecule has 3 aromatic rings. The lowest BCUT2D eigenvalue weighted by atomic mass is 10.2. The fourth-order valence-electron chi connectivity index (χ4n) is 1.90. The van der Waals surface area contributed by atoms with Gasteiger partial charge in [-0.15, -0.1) is 0 Å². The van der Waals surface area contributed by atoms with Gasteiger partial charge in [-0.3, -0.25) is 4.98 Å². The molecule has 5 nitrogen and oxygen atoms in total. The van der Waals surface area contributed by atoms with Crippen LogP contribution in [0.25, 0.3) is 22.3 Å². The molecule has 19 heavy (non-hydrogen) atoms. The van der Waals surface area contributed by atoms with Crippen molar-refractivity contribution in [2.75, 3.05) is 7.11 Å². The molecule has 3 aromatic heterocycles. The summed E-state index contributed by atoms with van der Waals surface area (Å²) in [5, 5.41) is 0.869. The Kier molecular flexibility index (Phi) is 2.72. The van der Waals surface area contributed by atoms with Gasteiger partial charge in [-0.2, -0.15) is 0 Å². The van der Waals surface area contributed by atoms with Gasteiger partial charge >= 0.3 is 5.97 Å². The molecule has 0 aliphatic rings. The Morgan fingerprint density at radius 1 is 1.32 bits per heavy atom. The van der Waals surface area contributed by atoms with E-state index in [1.807, 2.05) is 24.3 Å². The van der Waals surface area contributed by atoms with E-state index in [9.17, 15) is 4.79 Å². The van der Waals surface area contributed by atoms with E-state index in [0.29, 0.717) is 11.3 Å². The molecule has 0 fully saturated rings. The highest BCUT2D eigenvalue weighted by atomic mass is 16.5. The number of ether oxygens (including phenoxy) is 1. The predicted octanol–water partition coefficient (Wildman–Crippen LogP) is 2.41. The van der Waals surface area contributed by atoms with Crippen LogP contribution in [0.15, 0.2) is 42.7 Å². The predicted molar refractivity (Wildman–Crippen MR) is 70.7 cm³/mol. The van der Waals surface area contributed by atoms with E-state index < -0.39 is 5.97 Å². The van der Waals surface area contributed by atoms with E-state index >= 15 is 0 Å². The molecule has 0 spiro atoms. The lowest BCUT2D eigenvalue weighted by Crippen LogP contribution is -2.00. The van der Waals surface area contributed by atoms with Gasteiger partial charge in [0.05, 0.1) is 12.8 Å². The number of carbonyl (C=O) groups excluding carboxylic acids is 1. The van der Waals surface area contributed by atoms with Gasteiger partial charge in [-0.25, -0.2) is 9.78 Å². The average Bonchev–Trinajstić information content (AvgIpc) is 2.90. The maximum atomic E-state index is 11.4. The number of carbonyl (C=O) groups is 1. The summed E-state index contributed by atoms with van der Waals surface area (Å²) < 4.78 is 4.67. The Hall–Kier alpha value is -2.69. The third kappa shape index (κ3) is 2.06. The average molecular weight is 253 g/mol. The summed E-state index contributed by atoms with van der Waals surface area (Å²) in [7, 11) is 1.35. The molecule has 0 aliphatic heterocycles. The highest BCUT2D eigenvalue weighted by molar-refractivity contribution is 5.94. The Morgan fingerprint density at radius 3 is 2.95 bits per heavy atom. The maximum Gasteiger partial charge on any atom is 0.354 e. The lowest BCUT2D eigenvalue weighted by molar-refractivity contribution is 0.0595. The molecule has 3 rings (SSSR count). The van der Waals surface area contributed by atoms with Crippen molar-refractivity contribution in [3.05, 3.63) is 48.4 Å². The fraction of sp³-hybridized carbons (Fsp3) is 0.0714. The summed E-state index contributed by atoms with van der Waals surface area (Å²) in [5.74, 6) is -0.402. The van der Waals surface area contributed by atoms with Gasteiger partial charge < -0.3 is 9.72 Å². The number of H-pyrrole nitrogens is 1. The zero-order valence-corrected chi connectivity index (χ0v) is 10.3. The summed E-state index contributed by atoms with van der Waals surface area (Å²) in [6.07, 6.45) is 3.46. The van der Waals surface area contributed by atoms with Crippen LogP contribution in [0.1, 0.15) is 10.5 Å². The Bertz CT molecular complexity index is 735. The van der Waals surface area contributed by atoms with Gasteiger partial charge in [0.15, 0.2) is 0 Å². The van der Waals surface area contributed by atoms with Crippen LogP contribution in [0, 0.1) is 0 Å². The van der Waals surface area contributed by atoms with Gasteiger partial charge in [-0.05, 0) is 30.3 Å². The van der Waals surface area contributed by atoms with Crippen molar-refractivity contribution in [1.29, 1.82) is 0 Å². The van der Waals surface area contributed by atoms with Crippen molar-refractivity contribution in [2.45, 2.75) is 0 Å². The molecule has 0 unspecified atom stereocenters. The van der Waals surface area contributed by atoms with E-state index in [-0.39, 0.29) is 0 Å². The number of aromatic nitrogens is 3. The summed E-state index contributed by atoms with van der Waals surface area (Å²) in [6.45, 7) is 0. The minimum Gasteiger partial charge on any atom is -0.464 e. The normalized spacial score (nSPS) is 10.6. The maximum absolute atomic E-state index is 11.4. The number of fused-ring (bicyclic) bond motifs is 1. The molecule has 0 bridgehead atoms. The van der Waals surface area contributed by atoms with Crippen LogP contribution in [0.2, 0.25) is 0 Å². The largest absolute Gasteiger partial charge is 0.464 e. The molecule has 3 heterocycles. The summed E-state index contributed by atoms with van der Waals surface area (Å²) in [4.78, 5) is 22.9. The van der Waals surface area contributed by atoms with E-state index in [2.05, 4.69) is 19.7 Å². The van der Waals surface area contributed by atoms with Gasteiger partial charge in [0.2, 0.25) is 0 Å². The van der Waals surface area contributed by atoms with Crippen molar-refractivity contribution in [2.24, 2.45) is 0 Å². The number of nitrogens with one attached hydrogen (secondary N) is 1. The van der Waals surface area contributed by atoms with Crippen LogP contribution in [-0.2, 0) is 4.74 Å². The molecule has 0 saturated carbocycles. The Labute approximate surface area is 109 Å². The van der Waals surface area contributed by atoms with E-state index in [0.717, 1.165) is 16.6 Å². The number of hydrogen-bond acceptors (Lipinski definition) is 4. The topological polar surface area (TPSA) is 67.9 Å². The minimum atomic E-state index is -0.402. The molecule has 0 saturated heterocycles. The smallest absolute Gasteiger partial charge is 0.354 e. The van der Waals surface area contributed by atoms with E-state index in [4.69, 9.17) is 0 Å². The van der Waals surface area contributed by atoms with Crippen LogP contribution < -0.4 is 0 Å². The Balaban J connectivity index is 2.09. The van der Waals surface area contributed by atoms with Crippen LogP contribution in [0.4, 0.5) is 0 Å². The lowest BCUT2D eigenvalue weighted by Gasteiger charge is -1.99. The molecule has 1 N–H and O–H groups in total. The molecule has 5 heteroatoms. The summed E-state index contributed by atoms with van der Waals surface area (Å²) >= 11 is 0. The van der Waals surface area contributed by atoms with E-state index in [1.165, 1.54) is 7.11 Å². The monoisotopic (exact) mass is 253 g/mol. The number of aromatic amines is 1. The minimum absolute atomic E-state index is 0.397. The zero-order valence-electron chi connectivity index (χ0n) is 10.3. The van der Waals surface area contributed by atoms with Crippen molar-refractivity contribution >= 4 is 17.0 Å². The van der Waals surface area contributed by atoms with Crippen LogP contribution in [0.5, 0.6) is 0 Å². The van der Waals surface area contributed by atoms with Crippen molar-refractivity contribution < 1.29 is 9.53 Å². The summed E-state index contributed by atoms with van der Waals surface area (Å²) in [6, 6.07) is 9.32. The first-order valence-electron chi connectivity index (χ1n) is 5.76. The van der Waals surface area contributed by atoms with Crippen LogP contribution in [-0.4, -0.2) is 28.0 Å². The fourth-order valence-corrected chi connectivity index (χ4v) is 1.90. The molecular formula is C14H11N3O2. The quantitative estimate of drug-likeness (QED) is 0.712. The number of hydrogen-bond donors (Lipinski definition) is 1. The molecule has 0 aliphatic carbocycles. The second kappa shape index (κ2) is 4.53. The molecule has 0 aromatic carbocycles. The summed E-state index contributed by atoms with van der Waals surface area (Å²) in [5.41, 5.74) is 2.78. The third-order valence-electron chi connectivity index (χ3n) is 2.84. The van der Waals surface area contributed by atoms with Gasteiger partial charge in [0, 0.05) is 23.3 Å². The molecule has 0 radical (unpaired) electrons. The first-order valence-corrected chi connectivity index (χ1v) is 5.76. The molecular weight excluding hydrogens is 242 g/mol. The van der Waals surface area contributed by atoms with E-state index in [1.54, 1.807) is 18.5 Å². The molecule has 94 valence electrons. The number of esters is 1. The number of methoxy groups -OCH3 is 1. The highest BCUT2D eigenvalue weighted by Crippen LogP contribution is 2.20. The van der Waals surface area contributed by atoms with Crippen molar-refractivity contribution in [3.8, 4) is 11.3 Å². The second-order valence-corrected chi connectivity index (χ2v) is 4.05. The van der Waals surface area contributed by atoms with Gasteiger partial charge in [-0.1, -0.05) is 0 Å². The first-order chi connectivity index (χ1) is 9.28. The third-order valence-corrected chi connectivity index (χ3v) is 2.84. The molecule has 0 amide bonds. The highest BCUT2D eigenvalue weighted by Gasteiger charge is 2.10. The van der Waals surface area contributed by atoms with Gasteiger partial charge in [0.25, 0.3) is 0 Å². The zero-order chi connectivity index (χ0) is 13.2. The van der Waals surface area contributed by atoms with Crippen molar-refractivity contribution in [1.82, 2.24) is 15.0 Å². The number of rotatable bonds is 2. The number of pyridine rings is 2.